The Hall–Kier alpha value is -0.570. The molecule has 0 radical (unpaired) electrons. The van der Waals surface area contributed by atoms with Gasteiger partial charge in [-0.15, -0.1) is 0 Å². The van der Waals surface area contributed by atoms with Crippen molar-refractivity contribution in [3.63, 3.8) is 0 Å². The van der Waals surface area contributed by atoms with Gasteiger partial charge in [0.15, 0.2) is 0 Å². The van der Waals surface area contributed by atoms with Gasteiger partial charge in [0.2, 0.25) is 0 Å². The molecule has 66 valence electrons. The van der Waals surface area contributed by atoms with Crippen LogP contribution >= 0.6 is 0 Å². The number of methoxy groups -OCH3 is 1. The van der Waals surface area contributed by atoms with E-state index in [1.807, 2.05) is 6.92 Å². The lowest BCUT2D eigenvalue weighted by molar-refractivity contribution is -0.146. The van der Waals surface area contributed by atoms with E-state index >= 15 is 0 Å². The van der Waals surface area contributed by atoms with Crippen molar-refractivity contribution >= 4 is 5.97 Å². The normalized spacial score (nSPS) is 15.9. The van der Waals surface area contributed by atoms with Crippen LogP contribution < -0.4 is 0 Å². The van der Waals surface area contributed by atoms with E-state index in [0.29, 0.717) is 6.42 Å². The van der Waals surface area contributed by atoms with Gasteiger partial charge < -0.3 is 9.84 Å². The monoisotopic (exact) mass is 160 g/mol. The van der Waals surface area contributed by atoms with Gasteiger partial charge in [0.05, 0.1) is 12.0 Å². The lowest BCUT2D eigenvalue weighted by atomic mass is 9.98. The van der Waals surface area contributed by atoms with Crippen molar-refractivity contribution in [2.75, 3.05) is 7.11 Å². The summed E-state index contributed by atoms with van der Waals surface area (Å²) in [5.74, 6) is -1.12. The van der Waals surface area contributed by atoms with Crippen molar-refractivity contribution in [1.82, 2.24) is 0 Å². The van der Waals surface area contributed by atoms with Crippen LogP contribution in [-0.2, 0) is 9.53 Å². The SMILES string of the molecule is CCC[C@@H](C(=O)O)[C@H](C)OC. The zero-order valence-electron chi connectivity index (χ0n) is 7.33. The quantitative estimate of drug-likeness (QED) is 0.663. The first-order chi connectivity index (χ1) is 5.13. The summed E-state index contributed by atoms with van der Waals surface area (Å²) >= 11 is 0. The molecule has 0 saturated heterocycles. The molecule has 0 heterocycles. The molecule has 1 N–H and O–H groups in total. The topological polar surface area (TPSA) is 46.5 Å². The van der Waals surface area contributed by atoms with Crippen molar-refractivity contribution in [2.45, 2.75) is 32.8 Å². The fourth-order valence-corrected chi connectivity index (χ4v) is 1.03. The highest BCUT2D eigenvalue weighted by atomic mass is 16.5. The second kappa shape index (κ2) is 5.13. The standard InChI is InChI=1S/C8H16O3/c1-4-5-7(8(9)10)6(2)11-3/h6-7H,4-5H2,1-3H3,(H,9,10)/t6-,7+/m0/s1. The van der Waals surface area contributed by atoms with Crippen molar-refractivity contribution in [1.29, 1.82) is 0 Å². The summed E-state index contributed by atoms with van der Waals surface area (Å²) in [6.07, 6.45) is 1.38. The minimum Gasteiger partial charge on any atom is -0.481 e. The van der Waals surface area contributed by atoms with Gasteiger partial charge in [0.1, 0.15) is 0 Å². The Bertz CT molecular complexity index is 123. The molecule has 0 unspecified atom stereocenters. The van der Waals surface area contributed by atoms with Crippen molar-refractivity contribution < 1.29 is 14.6 Å². The average Bonchev–Trinajstić information content (AvgIpc) is 1.98. The third-order valence-electron chi connectivity index (χ3n) is 1.86. The Morgan fingerprint density at radius 1 is 1.64 bits per heavy atom. The largest absolute Gasteiger partial charge is 0.481 e. The highest BCUT2D eigenvalue weighted by molar-refractivity contribution is 5.70. The van der Waals surface area contributed by atoms with Gasteiger partial charge in [0, 0.05) is 7.11 Å². The van der Waals surface area contributed by atoms with E-state index in [-0.39, 0.29) is 12.0 Å². The van der Waals surface area contributed by atoms with Crippen LogP contribution in [0.15, 0.2) is 0 Å². The van der Waals surface area contributed by atoms with Crippen LogP contribution in [0.2, 0.25) is 0 Å². The third-order valence-corrected chi connectivity index (χ3v) is 1.86. The molecule has 0 aliphatic carbocycles. The maximum Gasteiger partial charge on any atom is 0.309 e. The second-order valence-electron chi connectivity index (χ2n) is 2.67. The number of rotatable bonds is 5. The lowest BCUT2D eigenvalue weighted by Gasteiger charge is -2.17. The van der Waals surface area contributed by atoms with Gasteiger partial charge in [-0.1, -0.05) is 13.3 Å². The first-order valence-electron chi connectivity index (χ1n) is 3.89. The van der Waals surface area contributed by atoms with Gasteiger partial charge in [-0.25, -0.2) is 0 Å². The minimum atomic E-state index is -0.763. The number of carboxylic acids is 1. The molecule has 0 fully saturated rings. The van der Waals surface area contributed by atoms with Gasteiger partial charge in [0.25, 0.3) is 0 Å². The Morgan fingerprint density at radius 2 is 2.18 bits per heavy atom. The van der Waals surface area contributed by atoms with Gasteiger partial charge in [-0.3, -0.25) is 4.79 Å². The van der Waals surface area contributed by atoms with Gasteiger partial charge in [-0.05, 0) is 13.3 Å². The molecule has 0 aliphatic rings. The van der Waals surface area contributed by atoms with Crippen LogP contribution in [0.5, 0.6) is 0 Å². The smallest absolute Gasteiger partial charge is 0.309 e. The molecule has 3 heteroatoms. The van der Waals surface area contributed by atoms with E-state index in [1.54, 1.807) is 6.92 Å². The number of carbonyl (C=O) groups is 1. The molecular formula is C8H16O3. The summed E-state index contributed by atoms with van der Waals surface area (Å²) in [4.78, 5) is 10.6. The third kappa shape index (κ3) is 3.37. The molecule has 0 aliphatic heterocycles. The molecule has 3 nitrogen and oxygen atoms in total. The molecule has 11 heavy (non-hydrogen) atoms. The molecular weight excluding hydrogens is 144 g/mol. The van der Waals surface area contributed by atoms with Crippen LogP contribution in [0.3, 0.4) is 0 Å². The number of hydrogen-bond donors (Lipinski definition) is 1. The van der Waals surface area contributed by atoms with Crippen LogP contribution in [-0.4, -0.2) is 24.3 Å². The number of aliphatic carboxylic acids is 1. The number of carboxylic acid groups (broad SMARTS) is 1. The zero-order chi connectivity index (χ0) is 8.85. The maximum atomic E-state index is 10.6. The van der Waals surface area contributed by atoms with E-state index in [1.165, 1.54) is 7.11 Å². The van der Waals surface area contributed by atoms with Gasteiger partial charge >= 0.3 is 5.97 Å². The molecule has 0 spiro atoms. The second-order valence-corrected chi connectivity index (χ2v) is 2.67. The molecule has 0 bridgehead atoms. The van der Waals surface area contributed by atoms with E-state index in [2.05, 4.69) is 0 Å². The molecule has 0 aromatic rings. The van der Waals surface area contributed by atoms with Crippen LogP contribution in [0.1, 0.15) is 26.7 Å². The molecule has 0 saturated carbocycles. The van der Waals surface area contributed by atoms with E-state index < -0.39 is 5.97 Å². The molecule has 0 amide bonds. The first kappa shape index (κ1) is 10.4. The Labute approximate surface area is 67.4 Å². The first-order valence-corrected chi connectivity index (χ1v) is 3.89. The Kier molecular flexibility index (Phi) is 4.86. The fraction of sp³-hybridized carbons (Fsp3) is 0.875. The average molecular weight is 160 g/mol. The summed E-state index contributed by atoms with van der Waals surface area (Å²) in [5, 5.41) is 8.73. The predicted octanol–water partition coefficient (Wildman–Crippen LogP) is 1.52. The van der Waals surface area contributed by atoms with E-state index in [0.717, 1.165) is 6.42 Å². The Balaban J connectivity index is 3.97. The summed E-state index contributed by atoms with van der Waals surface area (Å²) in [7, 11) is 1.54. The van der Waals surface area contributed by atoms with Crippen molar-refractivity contribution in [2.24, 2.45) is 5.92 Å². The maximum absolute atomic E-state index is 10.6. The highest BCUT2D eigenvalue weighted by Crippen LogP contribution is 2.13. The van der Waals surface area contributed by atoms with Crippen LogP contribution in [0.25, 0.3) is 0 Å². The molecule has 2 atom stereocenters. The summed E-state index contributed by atoms with van der Waals surface area (Å²) in [5.41, 5.74) is 0. The highest BCUT2D eigenvalue weighted by Gasteiger charge is 2.22. The van der Waals surface area contributed by atoms with Crippen molar-refractivity contribution in [3.05, 3.63) is 0 Å². The van der Waals surface area contributed by atoms with Crippen LogP contribution in [0.4, 0.5) is 0 Å². The van der Waals surface area contributed by atoms with Gasteiger partial charge in [-0.2, -0.15) is 0 Å². The summed E-state index contributed by atoms with van der Waals surface area (Å²) in [6.45, 7) is 3.76. The fourth-order valence-electron chi connectivity index (χ4n) is 1.03. The predicted molar refractivity (Wildman–Crippen MR) is 42.5 cm³/mol. The van der Waals surface area contributed by atoms with Crippen LogP contribution in [0, 0.1) is 5.92 Å². The van der Waals surface area contributed by atoms with E-state index in [4.69, 9.17) is 9.84 Å². The van der Waals surface area contributed by atoms with Crippen molar-refractivity contribution in [3.8, 4) is 0 Å². The number of hydrogen-bond acceptors (Lipinski definition) is 2. The molecule has 0 rings (SSSR count). The zero-order valence-corrected chi connectivity index (χ0v) is 7.33. The van der Waals surface area contributed by atoms with E-state index in [9.17, 15) is 4.79 Å². The number of ether oxygens (including phenoxy) is 1. The molecule has 0 aromatic heterocycles. The summed E-state index contributed by atoms with van der Waals surface area (Å²) in [6, 6.07) is 0. The lowest BCUT2D eigenvalue weighted by Crippen LogP contribution is -2.27. The molecule has 0 aromatic carbocycles. The minimum absolute atomic E-state index is 0.188. The Morgan fingerprint density at radius 3 is 2.45 bits per heavy atom. The summed E-state index contributed by atoms with van der Waals surface area (Å²) < 4.78 is 4.95.